The van der Waals surface area contributed by atoms with Gasteiger partial charge in [-0.3, -0.25) is 0 Å². The first-order chi connectivity index (χ1) is 9.16. The molecule has 0 bridgehead atoms. The average molecular weight is 296 g/mol. The zero-order chi connectivity index (χ0) is 13.7. The molecule has 19 heavy (non-hydrogen) atoms. The highest BCUT2D eigenvalue weighted by molar-refractivity contribution is 7.14. The van der Waals surface area contributed by atoms with Gasteiger partial charge < -0.3 is 9.80 Å². The summed E-state index contributed by atoms with van der Waals surface area (Å²) in [6.45, 7) is 2.71. The van der Waals surface area contributed by atoms with Crippen molar-refractivity contribution in [2.24, 2.45) is 0 Å². The molecular formula is C14H18ClN3S. The Morgan fingerprint density at radius 1 is 1.21 bits per heavy atom. The Kier molecular flexibility index (Phi) is 5.19. The van der Waals surface area contributed by atoms with Crippen LogP contribution in [0.25, 0.3) is 0 Å². The molecule has 2 aromatic heterocycles. The van der Waals surface area contributed by atoms with Gasteiger partial charge in [-0.15, -0.1) is 11.3 Å². The van der Waals surface area contributed by atoms with E-state index in [4.69, 9.17) is 11.6 Å². The van der Waals surface area contributed by atoms with Gasteiger partial charge in [-0.05, 0) is 37.7 Å². The fourth-order valence-corrected chi connectivity index (χ4v) is 2.69. The number of halogens is 1. The molecule has 0 aliphatic carbocycles. The van der Waals surface area contributed by atoms with Crippen LogP contribution in [0.5, 0.6) is 0 Å². The summed E-state index contributed by atoms with van der Waals surface area (Å²) in [5, 5.41) is 2.03. The third-order valence-electron chi connectivity index (χ3n) is 2.84. The minimum Gasteiger partial charge on any atom is -0.351 e. The summed E-state index contributed by atoms with van der Waals surface area (Å²) in [5.41, 5.74) is 1.16. The van der Waals surface area contributed by atoms with Crippen LogP contribution in [0.3, 0.4) is 0 Å². The van der Waals surface area contributed by atoms with Gasteiger partial charge in [0.15, 0.2) is 0 Å². The Balaban J connectivity index is 2.12. The number of likely N-dealkylation sites (N-methyl/N-ethyl adjacent to an activating group) is 1. The number of anilines is 1. The van der Waals surface area contributed by atoms with Gasteiger partial charge in [-0.25, -0.2) is 4.98 Å². The lowest BCUT2D eigenvalue weighted by atomic mass is 10.3. The summed E-state index contributed by atoms with van der Waals surface area (Å²) < 4.78 is 0.866. The Hall–Kier alpha value is -1.10. The van der Waals surface area contributed by atoms with E-state index in [9.17, 15) is 0 Å². The van der Waals surface area contributed by atoms with Crippen LogP contribution in [0.4, 0.5) is 5.82 Å². The van der Waals surface area contributed by atoms with Crippen molar-refractivity contribution in [1.82, 2.24) is 9.88 Å². The lowest BCUT2D eigenvalue weighted by Gasteiger charge is -2.25. The van der Waals surface area contributed by atoms with Crippen molar-refractivity contribution in [3.8, 4) is 0 Å². The Labute approximate surface area is 123 Å². The number of hydrogen-bond donors (Lipinski definition) is 0. The summed E-state index contributed by atoms with van der Waals surface area (Å²) in [7, 11) is 4.16. The maximum Gasteiger partial charge on any atom is 0.128 e. The maximum absolute atomic E-state index is 6.20. The molecule has 0 aliphatic rings. The molecule has 2 heterocycles. The van der Waals surface area contributed by atoms with Gasteiger partial charge >= 0.3 is 0 Å². The highest BCUT2D eigenvalue weighted by atomic mass is 35.5. The second-order valence-electron chi connectivity index (χ2n) is 4.63. The van der Waals surface area contributed by atoms with E-state index in [0.29, 0.717) is 0 Å². The molecular weight excluding hydrogens is 278 g/mol. The maximum atomic E-state index is 6.20. The molecule has 0 atom stereocenters. The number of nitrogens with zero attached hydrogens (tertiary/aromatic N) is 3. The molecule has 0 unspecified atom stereocenters. The summed E-state index contributed by atoms with van der Waals surface area (Å²) in [5.74, 6) is 0.992. The van der Waals surface area contributed by atoms with Gasteiger partial charge in [0, 0.05) is 31.4 Å². The molecule has 0 N–H and O–H groups in total. The van der Waals surface area contributed by atoms with Crippen LogP contribution in [0.1, 0.15) is 5.56 Å². The highest BCUT2D eigenvalue weighted by Crippen LogP contribution is 2.25. The van der Waals surface area contributed by atoms with Crippen molar-refractivity contribution < 1.29 is 0 Å². The van der Waals surface area contributed by atoms with Gasteiger partial charge in [-0.2, -0.15) is 0 Å². The SMILES string of the molecule is CN(C)CCN(Cc1ccsc1Cl)c1ccccn1. The van der Waals surface area contributed by atoms with Crippen LogP contribution in [0.2, 0.25) is 4.34 Å². The predicted octanol–water partition coefficient (Wildman–Crippen LogP) is 3.36. The van der Waals surface area contributed by atoms with E-state index in [1.165, 1.54) is 0 Å². The number of aromatic nitrogens is 1. The van der Waals surface area contributed by atoms with Crippen LogP contribution in [-0.4, -0.2) is 37.1 Å². The Morgan fingerprint density at radius 3 is 2.63 bits per heavy atom. The van der Waals surface area contributed by atoms with Crippen molar-refractivity contribution >= 4 is 28.8 Å². The van der Waals surface area contributed by atoms with E-state index in [0.717, 1.165) is 35.4 Å². The smallest absolute Gasteiger partial charge is 0.128 e. The topological polar surface area (TPSA) is 19.4 Å². The first-order valence-corrected chi connectivity index (χ1v) is 7.45. The van der Waals surface area contributed by atoms with Gasteiger partial charge in [0.05, 0.1) is 4.34 Å². The predicted molar refractivity (Wildman–Crippen MR) is 83.2 cm³/mol. The van der Waals surface area contributed by atoms with E-state index in [1.54, 1.807) is 11.3 Å². The molecule has 0 saturated heterocycles. The van der Waals surface area contributed by atoms with Crippen molar-refractivity contribution in [2.45, 2.75) is 6.54 Å². The van der Waals surface area contributed by atoms with E-state index in [2.05, 4.69) is 34.9 Å². The van der Waals surface area contributed by atoms with Crippen LogP contribution in [0, 0.1) is 0 Å². The van der Waals surface area contributed by atoms with Gasteiger partial charge in [0.25, 0.3) is 0 Å². The second-order valence-corrected chi connectivity index (χ2v) is 6.15. The van der Waals surface area contributed by atoms with Gasteiger partial charge in [-0.1, -0.05) is 17.7 Å². The zero-order valence-corrected chi connectivity index (χ0v) is 12.8. The molecule has 0 saturated carbocycles. The summed E-state index contributed by atoms with van der Waals surface area (Å²) in [6.07, 6.45) is 1.83. The van der Waals surface area contributed by atoms with E-state index in [1.807, 2.05) is 29.8 Å². The third kappa shape index (κ3) is 4.20. The van der Waals surface area contributed by atoms with E-state index >= 15 is 0 Å². The van der Waals surface area contributed by atoms with Crippen LogP contribution in [0.15, 0.2) is 35.8 Å². The number of pyridine rings is 1. The molecule has 2 rings (SSSR count). The van der Waals surface area contributed by atoms with Crippen LogP contribution >= 0.6 is 22.9 Å². The zero-order valence-electron chi connectivity index (χ0n) is 11.2. The summed E-state index contributed by atoms with van der Waals surface area (Å²) in [6, 6.07) is 8.07. The molecule has 2 aromatic rings. The highest BCUT2D eigenvalue weighted by Gasteiger charge is 2.11. The Bertz CT molecular complexity index is 498. The molecule has 0 amide bonds. The number of rotatable bonds is 6. The molecule has 5 heteroatoms. The summed E-state index contributed by atoms with van der Waals surface area (Å²) in [4.78, 5) is 8.86. The molecule has 3 nitrogen and oxygen atoms in total. The minimum atomic E-state index is 0.799. The average Bonchev–Trinajstić information content (AvgIpc) is 2.81. The van der Waals surface area contributed by atoms with E-state index < -0.39 is 0 Å². The van der Waals surface area contributed by atoms with E-state index in [-0.39, 0.29) is 0 Å². The normalized spacial score (nSPS) is 10.9. The molecule has 0 fully saturated rings. The molecule has 0 aromatic carbocycles. The molecule has 0 aliphatic heterocycles. The lowest BCUT2D eigenvalue weighted by Crippen LogP contribution is -2.31. The standard InChI is InChI=1S/C14H18ClN3S/c1-17(2)8-9-18(13-5-3-4-7-16-13)11-12-6-10-19-14(12)15/h3-7,10H,8-9,11H2,1-2H3. The van der Waals surface area contributed by atoms with Crippen molar-refractivity contribution in [3.05, 3.63) is 45.7 Å². The fourth-order valence-electron chi connectivity index (χ4n) is 1.77. The quantitative estimate of drug-likeness (QED) is 0.814. The Morgan fingerprint density at radius 2 is 2.05 bits per heavy atom. The van der Waals surface area contributed by atoms with Crippen molar-refractivity contribution in [1.29, 1.82) is 0 Å². The summed E-state index contributed by atoms with van der Waals surface area (Å²) >= 11 is 7.77. The van der Waals surface area contributed by atoms with Crippen molar-refractivity contribution in [3.63, 3.8) is 0 Å². The molecule has 102 valence electrons. The van der Waals surface area contributed by atoms with Crippen LogP contribution in [-0.2, 0) is 6.54 Å². The number of thiophene rings is 1. The number of hydrogen-bond acceptors (Lipinski definition) is 4. The first-order valence-electron chi connectivity index (χ1n) is 6.19. The minimum absolute atomic E-state index is 0.799. The van der Waals surface area contributed by atoms with Crippen LogP contribution < -0.4 is 4.90 Å². The van der Waals surface area contributed by atoms with Gasteiger partial charge in [0.2, 0.25) is 0 Å². The first kappa shape index (κ1) is 14.3. The molecule has 0 spiro atoms. The second kappa shape index (κ2) is 6.89. The molecule has 0 radical (unpaired) electrons. The largest absolute Gasteiger partial charge is 0.351 e. The third-order valence-corrected chi connectivity index (χ3v) is 4.10. The fraction of sp³-hybridized carbons (Fsp3) is 0.357. The lowest BCUT2D eigenvalue weighted by molar-refractivity contribution is 0.412. The van der Waals surface area contributed by atoms with Gasteiger partial charge in [0.1, 0.15) is 5.82 Å². The van der Waals surface area contributed by atoms with Crippen molar-refractivity contribution in [2.75, 3.05) is 32.1 Å². The monoisotopic (exact) mass is 295 g/mol.